The number of amides is 1. The standard InChI is InChI=1S/C20H28N4O3/c1-22(2)19(25)20(24-9-7-21-15-24)6-5-8-23(14-20)13-16-10-17(26-3)12-18(11-16)27-4/h7,9-12,15H,5-6,8,13-14H2,1-4H3. The molecule has 1 aliphatic heterocycles. The number of hydrogen-bond donors (Lipinski definition) is 0. The fraction of sp³-hybridized carbons (Fsp3) is 0.500. The molecule has 1 fully saturated rings. The number of hydrogen-bond acceptors (Lipinski definition) is 5. The van der Waals surface area contributed by atoms with Crippen LogP contribution in [0.1, 0.15) is 18.4 Å². The molecule has 7 heteroatoms. The zero-order valence-electron chi connectivity index (χ0n) is 16.5. The van der Waals surface area contributed by atoms with Crippen molar-refractivity contribution in [3.05, 3.63) is 42.5 Å². The fourth-order valence-corrected chi connectivity index (χ4v) is 3.90. The van der Waals surface area contributed by atoms with Crippen LogP contribution < -0.4 is 9.47 Å². The van der Waals surface area contributed by atoms with Crippen molar-refractivity contribution >= 4 is 5.91 Å². The van der Waals surface area contributed by atoms with E-state index in [0.717, 1.165) is 43.0 Å². The number of imidazole rings is 1. The highest BCUT2D eigenvalue weighted by Gasteiger charge is 2.44. The van der Waals surface area contributed by atoms with E-state index in [-0.39, 0.29) is 5.91 Å². The zero-order chi connectivity index (χ0) is 19.4. The van der Waals surface area contributed by atoms with Gasteiger partial charge in [0, 0.05) is 45.6 Å². The van der Waals surface area contributed by atoms with Crippen LogP contribution in [0, 0.1) is 0 Å². The lowest BCUT2D eigenvalue weighted by molar-refractivity contribution is -0.141. The highest BCUT2D eigenvalue weighted by atomic mass is 16.5. The predicted octanol–water partition coefficient (Wildman–Crippen LogP) is 1.98. The van der Waals surface area contributed by atoms with Gasteiger partial charge in [-0.25, -0.2) is 4.98 Å². The summed E-state index contributed by atoms with van der Waals surface area (Å²) in [5, 5.41) is 0. The lowest BCUT2D eigenvalue weighted by Crippen LogP contribution is -2.57. The second-order valence-electron chi connectivity index (χ2n) is 7.24. The first-order valence-electron chi connectivity index (χ1n) is 9.13. The molecular weight excluding hydrogens is 344 g/mol. The normalized spacial score (nSPS) is 20.3. The van der Waals surface area contributed by atoms with Gasteiger partial charge in [-0.05, 0) is 37.1 Å². The summed E-state index contributed by atoms with van der Waals surface area (Å²) < 4.78 is 12.7. The Bertz CT molecular complexity index is 753. The van der Waals surface area contributed by atoms with Gasteiger partial charge in [-0.1, -0.05) is 0 Å². The Morgan fingerprint density at radius 3 is 2.48 bits per heavy atom. The fourth-order valence-electron chi connectivity index (χ4n) is 3.90. The van der Waals surface area contributed by atoms with Crippen LogP contribution in [0.4, 0.5) is 0 Å². The number of nitrogens with zero attached hydrogens (tertiary/aromatic N) is 4. The molecule has 1 aliphatic rings. The summed E-state index contributed by atoms with van der Waals surface area (Å²) in [5.74, 6) is 1.65. The van der Waals surface area contributed by atoms with Gasteiger partial charge in [-0.3, -0.25) is 9.69 Å². The molecule has 1 atom stereocenters. The molecule has 2 aromatic rings. The maximum atomic E-state index is 13.1. The number of benzene rings is 1. The first-order chi connectivity index (χ1) is 13.0. The molecule has 0 bridgehead atoms. The number of carbonyl (C=O) groups excluding carboxylic acids is 1. The van der Waals surface area contributed by atoms with Crippen molar-refractivity contribution in [3.63, 3.8) is 0 Å². The molecule has 0 saturated carbocycles. The van der Waals surface area contributed by atoms with Gasteiger partial charge in [-0.15, -0.1) is 0 Å². The van der Waals surface area contributed by atoms with Crippen LogP contribution in [0.25, 0.3) is 0 Å². The summed E-state index contributed by atoms with van der Waals surface area (Å²) in [4.78, 5) is 21.3. The molecule has 0 radical (unpaired) electrons. The number of likely N-dealkylation sites (tertiary alicyclic amines) is 1. The second-order valence-corrected chi connectivity index (χ2v) is 7.24. The van der Waals surface area contributed by atoms with E-state index in [0.29, 0.717) is 6.54 Å². The first kappa shape index (κ1) is 19.2. The predicted molar refractivity (Wildman–Crippen MR) is 103 cm³/mol. The largest absolute Gasteiger partial charge is 0.497 e. The van der Waals surface area contributed by atoms with Crippen molar-refractivity contribution in [1.82, 2.24) is 19.4 Å². The molecule has 27 heavy (non-hydrogen) atoms. The van der Waals surface area contributed by atoms with Gasteiger partial charge in [0.25, 0.3) is 0 Å². The lowest BCUT2D eigenvalue weighted by Gasteiger charge is -2.43. The van der Waals surface area contributed by atoms with Gasteiger partial charge in [-0.2, -0.15) is 0 Å². The highest BCUT2D eigenvalue weighted by Crippen LogP contribution is 2.32. The van der Waals surface area contributed by atoms with E-state index in [1.807, 2.05) is 43.1 Å². The Labute approximate surface area is 160 Å². The third-order valence-corrected chi connectivity index (χ3v) is 5.17. The van der Waals surface area contributed by atoms with E-state index in [1.165, 1.54) is 0 Å². The van der Waals surface area contributed by atoms with Crippen molar-refractivity contribution < 1.29 is 14.3 Å². The summed E-state index contributed by atoms with van der Waals surface area (Å²) in [5.41, 5.74) is 0.478. The molecule has 3 rings (SSSR count). The van der Waals surface area contributed by atoms with Gasteiger partial charge >= 0.3 is 0 Å². The molecule has 1 aromatic carbocycles. The SMILES string of the molecule is COc1cc(CN2CCCC(C(=O)N(C)C)(n3ccnc3)C2)cc(OC)c1. The number of likely N-dealkylation sites (N-methyl/N-ethyl adjacent to an activating group) is 1. The zero-order valence-corrected chi connectivity index (χ0v) is 16.5. The molecule has 0 N–H and O–H groups in total. The van der Waals surface area contributed by atoms with E-state index >= 15 is 0 Å². The maximum absolute atomic E-state index is 13.1. The van der Waals surface area contributed by atoms with E-state index in [4.69, 9.17) is 9.47 Å². The van der Waals surface area contributed by atoms with Crippen LogP contribution in [0.15, 0.2) is 36.9 Å². The summed E-state index contributed by atoms with van der Waals surface area (Å²) in [6.07, 6.45) is 7.12. The van der Waals surface area contributed by atoms with Crippen LogP contribution in [-0.4, -0.2) is 66.7 Å². The second kappa shape index (κ2) is 8.00. The van der Waals surface area contributed by atoms with Crippen molar-refractivity contribution in [2.24, 2.45) is 0 Å². The van der Waals surface area contributed by atoms with Crippen LogP contribution in [0.3, 0.4) is 0 Å². The summed E-state index contributed by atoms with van der Waals surface area (Å²) in [6.45, 7) is 2.31. The number of methoxy groups -OCH3 is 2. The van der Waals surface area contributed by atoms with E-state index in [2.05, 4.69) is 9.88 Å². The lowest BCUT2D eigenvalue weighted by atomic mass is 9.87. The minimum Gasteiger partial charge on any atom is -0.497 e. The molecule has 0 aliphatic carbocycles. The summed E-state index contributed by atoms with van der Waals surface area (Å²) >= 11 is 0. The van der Waals surface area contributed by atoms with Crippen molar-refractivity contribution in [1.29, 1.82) is 0 Å². The topological polar surface area (TPSA) is 59.8 Å². The molecule has 1 saturated heterocycles. The Morgan fingerprint density at radius 1 is 1.22 bits per heavy atom. The molecule has 1 aromatic heterocycles. The third-order valence-electron chi connectivity index (χ3n) is 5.17. The van der Waals surface area contributed by atoms with Gasteiger partial charge in [0.2, 0.25) is 5.91 Å². The molecular formula is C20H28N4O3. The monoisotopic (exact) mass is 372 g/mol. The van der Waals surface area contributed by atoms with Crippen molar-refractivity contribution in [3.8, 4) is 11.5 Å². The van der Waals surface area contributed by atoms with Gasteiger partial charge < -0.3 is 18.9 Å². The molecule has 1 amide bonds. The van der Waals surface area contributed by atoms with Gasteiger partial charge in [0.15, 0.2) is 0 Å². The smallest absolute Gasteiger partial charge is 0.249 e. The third kappa shape index (κ3) is 3.93. The first-order valence-corrected chi connectivity index (χ1v) is 9.13. The average Bonchev–Trinajstić information content (AvgIpc) is 3.22. The molecule has 0 spiro atoms. The van der Waals surface area contributed by atoms with E-state index < -0.39 is 5.54 Å². The maximum Gasteiger partial charge on any atom is 0.249 e. The molecule has 1 unspecified atom stereocenters. The van der Waals surface area contributed by atoms with Crippen LogP contribution in [0.5, 0.6) is 11.5 Å². The quantitative estimate of drug-likeness (QED) is 0.776. The van der Waals surface area contributed by atoms with E-state index in [1.54, 1.807) is 31.6 Å². The van der Waals surface area contributed by atoms with Crippen molar-refractivity contribution in [2.45, 2.75) is 24.9 Å². The van der Waals surface area contributed by atoms with Crippen LogP contribution in [-0.2, 0) is 16.9 Å². The van der Waals surface area contributed by atoms with Gasteiger partial charge in [0.05, 0.1) is 20.5 Å². The van der Waals surface area contributed by atoms with Crippen molar-refractivity contribution in [2.75, 3.05) is 41.4 Å². The Morgan fingerprint density at radius 2 is 1.93 bits per heavy atom. The number of carbonyl (C=O) groups is 1. The van der Waals surface area contributed by atoms with E-state index in [9.17, 15) is 4.79 Å². The molecule has 7 nitrogen and oxygen atoms in total. The minimum atomic E-state index is -0.624. The number of aromatic nitrogens is 2. The Balaban J connectivity index is 1.87. The minimum absolute atomic E-state index is 0.105. The molecule has 2 heterocycles. The highest BCUT2D eigenvalue weighted by molar-refractivity contribution is 5.84. The molecule has 146 valence electrons. The Kier molecular flexibility index (Phi) is 5.70. The van der Waals surface area contributed by atoms with Gasteiger partial charge in [0.1, 0.15) is 17.0 Å². The summed E-state index contributed by atoms with van der Waals surface area (Å²) in [6, 6.07) is 5.90. The summed E-state index contributed by atoms with van der Waals surface area (Å²) in [7, 11) is 6.93. The van der Waals surface area contributed by atoms with Crippen LogP contribution >= 0.6 is 0 Å². The van der Waals surface area contributed by atoms with Crippen LogP contribution in [0.2, 0.25) is 0 Å². The number of rotatable bonds is 6. The Hall–Kier alpha value is -2.54. The average molecular weight is 372 g/mol. The number of piperidine rings is 1. The number of ether oxygens (including phenoxy) is 2.